The lowest BCUT2D eigenvalue weighted by atomic mass is 9.84. The van der Waals surface area contributed by atoms with Gasteiger partial charge in [0, 0.05) is 17.5 Å². The standard InChI is InChI=1S/C25H30O3S/c26-24(9-5-2-6-18-29)28-23-16-14-22(15-17-23)25(27)21-12-10-20(11-13-21)19-7-3-1-4-8-19/h10-17,19,29H,1-9,18H2. The summed E-state index contributed by atoms with van der Waals surface area (Å²) in [4.78, 5) is 24.6. The molecule has 0 spiro atoms. The SMILES string of the molecule is O=C(CCCCCS)Oc1ccc(C(=O)c2ccc(C3CCCCC3)cc2)cc1. The number of thiol groups is 1. The molecule has 4 heteroatoms. The van der Waals surface area contributed by atoms with Gasteiger partial charge >= 0.3 is 5.97 Å². The smallest absolute Gasteiger partial charge is 0.311 e. The van der Waals surface area contributed by atoms with Crippen molar-refractivity contribution in [2.45, 2.75) is 63.7 Å². The Bertz CT molecular complexity index is 790. The molecule has 3 nitrogen and oxygen atoms in total. The van der Waals surface area contributed by atoms with Crippen LogP contribution in [-0.4, -0.2) is 17.5 Å². The van der Waals surface area contributed by atoms with Gasteiger partial charge in [-0.15, -0.1) is 0 Å². The van der Waals surface area contributed by atoms with Crippen molar-refractivity contribution in [3.8, 4) is 5.75 Å². The molecular weight excluding hydrogens is 380 g/mol. The van der Waals surface area contributed by atoms with Crippen LogP contribution in [0.4, 0.5) is 0 Å². The minimum Gasteiger partial charge on any atom is -0.427 e. The Morgan fingerprint density at radius 3 is 2.07 bits per heavy atom. The molecule has 0 radical (unpaired) electrons. The van der Waals surface area contributed by atoms with Crippen LogP contribution in [0.3, 0.4) is 0 Å². The third-order valence-corrected chi connectivity index (χ3v) is 5.95. The topological polar surface area (TPSA) is 43.4 Å². The fourth-order valence-corrected chi connectivity index (χ4v) is 4.15. The summed E-state index contributed by atoms with van der Waals surface area (Å²) in [6.07, 6.45) is 9.66. The molecule has 0 bridgehead atoms. The van der Waals surface area contributed by atoms with Crippen molar-refractivity contribution in [2.24, 2.45) is 0 Å². The van der Waals surface area contributed by atoms with E-state index in [2.05, 4.69) is 24.8 Å². The average molecular weight is 411 g/mol. The van der Waals surface area contributed by atoms with Gasteiger partial charge in [-0.2, -0.15) is 12.6 Å². The van der Waals surface area contributed by atoms with Crippen LogP contribution in [0.15, 0.2) is 48.5 Å². The number of esters is 1. The van der Waals surface area contributed by atoms with Gasteiger partial charge < -0.3 is 4.74 Å². The molecule has 1 aliphatic rings. The van der Waals surface area contributed by atoms with Crippen molar-refractivity contribution >= 4 is 24.4 Å². The van der Waals surface area contributed by atoms with Gasteiger partial charge in [0.15, 0.2) is 5.78 Å². The molecule has 2 aromatic carbocycles. The van der Waals surface area contributed by atoms with Crippen molar-refractivity contribution < 1.29 is 14.3 Å². The zero-order chi connectivity index (χ0) is 20.5. The molecule has 0 saturated heterocycles. The number of ketones is 1. The van der Waals surface area contributed by atoms with Gasteiger partial charge in [-0.25, -0.2) is 0 Å². The number of carbonyl (C=O) groups excluding carboxylic acids is 2. The minimum atomic E-state index is -0.235. The molecule has 2 aromatic rings. The fraction of sp³-hybridized carbons (Fsp3) is 0.440. The van der Waals surface area contributed by atoms with E-state index < -0.39 is 0 Å². The van der Waals surface area contributed by atoms with Crippen molar-refractivity contribution in [2.75, 3.05) is 5.75 Å². The highest BCUT2D eigenvalue weighted by molar-refractivity contribution is 7.80. The molecule has 1 aliphatic carbocycles. The first-order chi connectivity index (χ1) is 14.2. The van der Waals surface area contributed by atoms with E-state index in [9.17, 15) is 9.59 Å². The molecule has 0 aliphatic heterocycles. The molecule has 3 rings (SSSR count). The highest BCUT2D eigenvalue weighted by Gasteiger charge is 2.16. The summed E-state index contributed by atoms with van der Waals surface area (Å²) in [6.45, 7) is 0. The molecule has 1 fully saturated rings. The summed E-state index contributed by atoms with van der Waals surface area (Å²) in [7, 11) is 0. The van der Waals surface area contributed by atoms with E-state index in [1.165, 1.54) is 37.7 Å². The number of ether oxygens (including phenoxy) is 1. The number of benzene rings is 2. The number of carbonyl (C=O) groups is 2. The summed E-state index contributed by atoms with van der Waals surface area (Å²) in [5.41, 5.74) is 2.64. The lowest BCUT2D eigenvalue weighted by Gasteiger charge is -2.22. The molecule has 154 valence electrons. The van der Waals surface area contributed by atoms with Crippen LogP contribution in [0, 0.1) is 0 Å². The minimum absolute atomic E-state index is 0.00942. The van der Waals surface area contributed by atoms with E-state index in [1.54, 1.807) is 24.3 Å². The molecule has 0 aromatic heterocycles. The highest BCUT2D eigenvalue weighted by Crippen LogP contribution is 2.32. The number of hydrogen-bond acceptors (Lipinski definition) is 4. The lowest BCUT2D eigenvalue weighted by molar-refractivity contribution is -0.134. The molecule has 0 atom stereocenters. The van der Waals surface area contributed by atoms with Gasteiger partial charge in [-0.3, -0.25) is 9.59 Å². The molecule has 1 saturated carbocycles. The Kier molecular flexibility index (Phi) is 8.36. The van der Waals surface area contributed by atoms with Crippen molar-refractivity contribution in [1.82, 2.24) is 0 Å². The maximum Gasteiger partial charge on any atom is 0.311 e. The van der Waals surface area contributed by atoms with Gasteiger partial charge in [-0.05, 0) is 67.2 Å². The van der Waals surface area contributed by atoms with E-state index in [-0.39, 0.29) is 11.8 Å². The van der Waals surface area contributed by atoms with E-state index in [1.807, 2.05) is 12.1 Å². The summed E-state index contributed by atoms with van der Waals surface area (Å²) < 4.78 is 5.35. The van der Waals surface area contributed by atoms with Gasteiger partial charge in [0.05, 0.1) is 0 Å². The van der Waals surface area contributed by atoms with Crippen molar-refractivity contribution in [3.63, 3.8) is 0 Å². The predicted octanol–water partition coefficient (Wildman–Crippen LogP) is 6.36. The quantitative estimate of drug-likeness (QED) is 0.172. The number of unbranched alkanes of at least 4 members (excludes halogenated alkanes) is 2. The molecule has 29 heavy (non-hydrogen) atoms. The number of rotatable bonds is 9. The largest absolute Gasteiger partial charge is 0.427 e. The van der Waals surface area contributed by atoms with E-state index in [4.69, 9.17) is 4.74 Å². The Hall–Kier alpha value is -2.07. The Morgan fingerprint density at radius 1 is 0.828 bits per heavy atom. The van der Waals surface area contributed by atoms with E-state index >= 15 is 0 Å². The third kappa shape index (κ3) is 6.46. The summed E-state index contributed by atoms with van der Waals surface area (Å²) in [6, 6.07) is 14.9. The second-order valence-corrected chi connectivity index (χ2v) is 8.27. The monoisotopic (exact) mass is 410 g/mol. The maximum absolute atomic E-state index is 12.8. The van der Waals surface area contributed by atoms with E-state index in [0.29, 0.717) is 29.2 Å². The van der Waals surface area contributed by atoms with Gasteiger partial charge in [0.25, 0.3) is 0 Å². The molecular formula is C25H30O3S. The molecule has 0 N–H and O–H groups in total. The lowest BCUT2D eigenvalue weighted by Crippen LogP contribution is -2.08. The summed E-state index contributed by atoms with van der Waals surface area (Å²) in [5.74, 6) is 1.72. The van der Waals surface area contributed by atoms with Crippen LogP contribution >= 0.6 is 12.6 Å². The van der Waals surface area contributed by atoms with Crippen molar-refractivity contribution in [3.05, 3.63) is 65.2 Å². The highest BCUT2D eigenvalue weighted by atomic mass is 32.1. The Balaban J connectivity index is 1.55. The van der Waals surface area contributed by atoms with Gasteiger partial charge in [-0.1, -0.05) is 49.9 Å². The third-order valence-electron chi connectivity index (χ3n) is 5.64. The summed E-state index contributed by atoms with van der Waals surface area (Å²) in [5, 5.41) is 0. The Morgan fingerprint density at radius 2 is 1.45 bits per heavy atom. The van der Waals surface area contributed by atoms with Crippen LogP contribution in [0.1, 0.15) is 85.2 Å². The van der Waals surface area contributed by atoms with Crippen LogP contribution in [0.25, 0.3) is 0 Å². The molecule has 0 amide bonds. The molecule has 0 heterocycles. The van der Waals surface area contributed by atoms with Crippen LogP contribution < -0.4 is 4.74 Å². The van der Waals surface area contributed by atoms with Crippen LogP contribution in [0.5, 0.6) is 5.75 Å². The maximum atomic E-state index is 12.8. The average Bonchev–Trinajstić information content (AvgIpc) is 2.77. The fourth-order valence-electron chi connectivity index (χ4n) is 3.92. The first kappa shape index (κ1) is 21.6. The zero-order valence-corrected chi connectivity index (χ0v) is 17.8. The van der Waals surface area contributed by atoms with Crippen LogP contribution in [0.2, 0.25) is 0 Å². The van der Waals surface area contributed by atoms with Crippen molar-refractivity contribution in [1.29, 1.82) is 0 Å². The van der Waals surface area contributed by atoms with Gasteiger partial charge in [0.1, 0.15) is 5.75 Å². The second kappa shape index (κ2) is 11.2. The normalized spacial score (nSPS) is 14.5. The summed E-state index contributed by atoms with van der Waals surface area (Å²) >= 11 is 4.16. The molecule has 0 unspecified atom stereocenters. The van der Waals surface area contributed by atoms with Crippen LogP contribution in [-0.2, 0) is 4.79 Å². The predicted molar refractivity (Wildman–Crippen MR) is 120 cm³/mol. The first-order valence-electron chi connectivity index (χ1n) is 10.7. The zero-order valence-electron chi connectivity index (χ0n) is 16.9. The first-order valence-corrected chi connectivity index (χ1v) is 11.4. The van der Waals surface area contributed by atoms with Gasteiger partial charge in [0.2, 0.25) is 0 Å². The second-order valence-electron chi connectivity index (χ2n) is 7.82. The van der Waals surface area contributed by atoms with E-state index in [0.717, 1.165) is 25.0 Å². The Labute approximate surface area is 179 Å². The number of hydrogen-bond donors (Lipinski definition) is 1.